The number of carbonyl (C=O) groups excluding carboxylic acids is 1. The van der Waals surface area contributed by atoms with Gasteiger partial charge in [-0.3, -0.25) is 4.79 Å². The second-order valence-electron chi connectivity index (χ2n) is 3.79. The number of hydrogen-bond acceptors (Lipinski definition) is 2. The van der Waals surface area contributed by atoms with Gasteiger partial charge in [-0.1, -0.05) is 32.6 Å². The minimum atomic E-state index is -0.265. The summed E-state index contributed by atoms with van der Waals surface area (Å²) in [6.07, 6.45) is 5.27. The molecule has 0 aliphatic heterocycles. The maximum atomic E-state index is 10.6. The fraction of sp³-hybridized carbons (Fsp3) is 0.545. The second-order valence-corrected chi connectivity index (χ2v) is 3.79. The van der Waals surface area contributed by atoms with Crippen LogP contribution in [0, 0.1) is 11.8 Å². The van der Waals surface area contributed by atoms with E-state index in [1.54, 1.807) is 0 Å². The van der Waals surface area contributed by atoms with Gasteiger partial charge in [0.15, 0.2) is 0 Å². The van der Waals surface area contributed by atoms with Crippen molar-refractivity contribution >= 4 is 5.91 Å². The number of rotatable bonds is 6. The van der Waals surface area contributed by atoms with E-state index in [1.807, 2.05) is 26.0 Å². The fourth-order valence-corrected chi connectivity index (χ4v) is 1.05. The third-order valence-electron chi connectivity index (χ3n) is 2.11. The van der Waals surface area contributed by atoms with Crippen molar-refractivity contribution in [2.75, 3.05) is 0 Å². The van der Waals surface area contributed by atoms with Gasteiger partial charge in [0.1, 0.15) is 0 Å². The Labute approximate surface area is 85.9 Å². The summed E-state index contributed by atoms with van der Waals surface area (Å²) in [6.45, 7) is 7.65. The van der Waals surface area contributed by atoms with Gasteiger partial charge in [0.2, 0.25) is 5.91 Å². The van der Waals surface area contributed by atoms with Gasteiger partial charge in [-0.05, 0) is 18.3 Å². The average molecular weight is 196 g/mol. The molecule has 0 aliphatic rings. The number of carbonyl (C=O) groups is 1. The van der Waals surface area contributed by atoms with Crippen LogP contribution >= 0.6 is 0 Å². The molecule has 80 valence electrons. The lowest BCUT2D eigenvalue weighted by atomic mass is 10.0. The van der Waals surface area contributed by atoms with E-state index in [0.29, 0.717) is 12.1 Å². The van der Waals surface area contributed by atoms with E-state index in [1.165, 1.54) is 0 Å². The molecule has 0 aromatic rings. The maximum absolute atomic E-state index is 10.6. The van der Waals surface area contributed by atoms with E-state index in [-0.39, 0.29) is 17.7 Å². The molecule has 0 heterocycles. The first-order valence-electron chi connectivity index (χ1n) is 4.82. The quantitative estimate of drug-likeness (QED) is 0.633. The van der Waals surface area contributed by atoms with Crippen LogP contribution in [-0.4, -0.2) is 5.91 Å². The molecule has 0 saturated carbocycles. The van der Waals surface area contributed by atoms with E-state index >= 15 is 0 Å². The highest BCUT2D eigenvalue weighted by Gasteiger charge is 2.03. The van der Waals surface area contributed by atoms with Crippen molar-refractivity contribution in [3.63, 3.8) is 0 Å². The summed E-state index contributed by atoms with van der Waals surface area (Å²) < 4.78 is 0. The molecule has 0 radical (unpaired) electrons. The van der Waals surface area contributed by atoms with Gasteiger partial charge in [-0.25, -0.2) is 0 Å². The van der Waals surface area contributed by atoms with E-state index in [9.17, 15) is 4.79 Å². The normalized spacial score (nSPS) is 15.3. The Bertz CT molecular complexity index is 233. The fourth-order valence-electron chi connectivity index (χ4n) is 1.05. The Morgan fingerprint density at radius 2 is 2.00 bits per heavy atom. The minimum absolute atomic E-state index is 0.200. The van der Waals surface area contributed by atoms with Crippen LogP contribution in [0.3, 0.4) is 0 Å². The lowest BCUT2D eigenvalue weighted by Gasteiger charge is -2.07. The largest absolute Gasteiger partial charge is 0.402 e. The SMILES string of the molecule is C=C(N)C(C)C/C=C/C(C)CC(N)=O. The van der Waals surface area contributed by atoms with Crippen LogP contribution in [0.1, 0.15) is 26.7 Å². The molecule has 0 fully saturated rings. The second kappa shape index (κ2) is 6.24. The van der Waals surface area contributed by atoms with Gasteiger partial charge in [0.05, 0.1) is 0 Å². The number of primary amides is 1. The van der Waals surface area contributed by atoms with Crippen LogP contribution in [0.25, 0.3) is 0 Å². The van der Waals surface area contributed by atoms with Gasteiger partial charge >= 0.3 is 0 Å². The summed E-state index contributed by atoms with van der Waals surface area (Å²) >= 11 is 0. The van der Waals surface area contributed by atoms with Crippen molar-refractivity contribution in [2.24, 2.45) is 23.3 Å². The standard InChI is InChI=1S/C11H20N2O/c1-8(7-11(13)14)5-4-6-9(2)10(3)12/h4-5,8-9H,3,6-7,12H2,1-2H3,(H2,13,14)/b5-4+. The van der Waals surface area contributed by atoms with Crippen molar-refractivity contribution in [3.05, 3.63) is 24.4 Å². The summed E-state index contributed by atoms with van der Waals surface area (Å²) in [5, 5.41) is 0. The molecule has 1 amide bonds. The predicted molar refractivity (Wildman–Crippen MR) is 59.2 cm³/mol. The molecule has 3 heteroatoms. The highest BCUT2D eigenvalue weighted by Crippen LogP contribution is 2.10. The van der Waals surface area contributed by atoms with Crippen LogP contribution in [0.15, 0.2) is 24.4 Å². The van der Waals surface area contributed by atoms with Crippen LogP contribution in [-0.2, 0) is 4.79 Å². The number of nitrogens with two attached hydrogens (primary N) is 2. The summed E-state index contributed by atoms with van der Waals surface area (Å²) in [6, 6.07) is 0. The molecule has 0 aliphatic carbocycles. The zero-order chi connectivity index (χ0) is 11.1. The smallest absolute Gasteiger partial charge is 0.217 e. The Morgan fingerprint density at radius 3 is 2.43 bits per heavy atom. The highest BCUT2D eigenvalue weighted by atomic mass is 16.1. The molecule has 0 spiro atoms. The zero-order valence-electron chi connectivity index (χ0n) is 8.99. The van der Waals surface area contributed by atoms with E-state index in [2.05, 4.69) is 6.58 Å². The highest BCUT2D eigenvalue weighted by molar-refractivity contribution is 5.74. The number of amides is 1. The molecule has 2 atom stereocenters. The first-order valence-corrected chi connectivity index (χ1v) is 4.82. The molecule has 2 unspecified atom stereocenters. The van der Waals surface area contributed by atoms with Crippen LogP contribution in [0.4, 0.5) is 0 Å². The Balaban J connectivity index is 3.82. The molecule has 3 nitrogen and oxygen atoms in total. The zero-order valence-corrected chi connectivity index (χ0v) is 8.99. The van der Waals surface area contributed by atoms with Gasteiger partial charge < -0.3 is 11.5 Å². The van der Waals surface area contributed by atoms with Crippen molar-refractivity contribution in [1.82, 2.24) is 0 Å². The average Bonchev–Trinajstić information content (AvgIpc) is 2.02. The molecular formula is C11H20N2O. The molecule has 0 rings (SSSR count). The predicted octanol–water partition coefficient (Wildman–Crippen LogP) is 1.55. The van der Waals surface area contributed by atoms with Crippen LogP contribution in [0.2, 0.25) is 0 Å². The summed E-state index contributed by atoms with van der Waals surface area (Å²) in [5.74, 6) is 0.219. The number of allylic oxidation sites excluding steroid dienone is 3. The lowest BCUT2D eigenvalue weighted by molar-refractivity contribution is -0.118. The van der Waals surface area contributed by atoms with Crippen LogP contribution < -0.4 is 11.5 Å². The lowest BCUT2D eigenvalue weighted by Crippen LogP contribution is -2.13. The number of hydrogen-bond donors (Lipinski definition) is 2. The molecular weight excluding hydrogens is 176 g/mol. The molecule has 0 saturated heterocycles. The van der Waals surface area contributed by atoms with E-state index in [4.69, 9.17) is 11.5 Å². The van der Waals surface area contributed by atoms with Crippen molar-refractivity contribution in [2.45, 2.75) is 26.7 Å². The van der Waals surface area contributed by atoms with E-state index < -0.39 is 0 Å². The van der Waals surface area contributed by atoms with Crippen molar-refractivity contribution in [1.29, 1.82) is 0 Å². The van der Waals surface area contributed by atoms with Gasteiger partial charge in [0.25, 0.3) is 0 Å². The first-order chi connectivity index (χ1) is 6.43. The third-order valence-corrected chi connectivity index (χ3v) is 2.11. The Morgan fingerprint density at radius 1 is 1.43 bits per heavy atom. The van der Waals surface area contributed by atoms with Gasteiger partial charge in [-0.15, -0.1) is 0 Å². The molecule has 4 N–H and O–H groups in total. The molecule has 0 bridgehead atoms. The molecule has 0 aromatic heterocycles. The van der Waals surface area contributed by atoms with Gasteiger partial charge in [-0.2, -0.15) is 0 Å². The monoisotopic (exact) mass is 196 g/mol. The summed E-state index contributed by atoms with van der Waals surface area (Å²) in [5.41, 5.74) is 11.3. The summed E-state index contributed by atoms with van der Waals surface area (Å²) in [7, 11) is 0. The third kappa shape index (κ3) is 6.29. The Hall–Kier alpha value is -1.25. The summed E-state index contributed by atoms with van der Waals surface area (Å²) in [4.78, 5) is 10.6. The Kier molecular flexibility index (Phi) is 5.68. The topological polar surface area (TPSA) is 69.1 Å². The van der Waals surface area contributed by atoms with Gasteiger partial charge in [0, 0.05) is 12.1 Å². The molecule has 14 heavy (non-hydrogen) atoms. The molecule has 0 aromatic carbocycles. The van der Waals surface area contributed by atoms with Crippen LogP contribution in [0.5, 0.6) is 0 Å². The van der Waals surface area contributed by atoms with E-state index in [0.717, 1.165) is 6.42 Å². The minimum Gasteiger partial charge on any atom is -0.402 e. The van der Waals surface area contributed by atoms with Crippen molar-refractivity contribution < 1.29 is 4.79 Å². The van der Waals surface area contributed by atoms with Crippen molar-refractivity contribution in [3.8, 4) is 0 Å². The first kappa shape index (κ1) is 12.8. The maximum Gasteiger partial charge on any atom is 0.217 e.